The minimum absolute atomic E-state index is 0.257. The van der Waals surface area contributed by atoms with Crippen molar-refractivity contribution in [3.8, 4) is 0 Å². The van der Waals surface area contributed by atoms with Crippen LogP contribution in [0.1, 0.15) is 15.9 Å². The Hall–Kier alpha value is -2.70. The number of amides is 1. The molecule has 1 aliphatic rings. The second-order valence-corrected chi connectivity index (χ2v) is 4.48. The van der Waals surface area contributed by atoms with Crippen molar-refractivity contribution in [1.29, 1.82) is 0 Å². The normalized spacial score (nSPS) is 13.8. The second kappa shape index (κ2) is 4.69. The minimum Gasteiger partial charge on any atom is -0.297 e. The van der Waals surface area contributed by atoms with Crippen LogP contribution in [0.3, 0.4) is 0 Å². The first-order chi connectivity index (χ1) is 9.99. The molecule has 0 spiro atoms. The molecule has 0 bridgehead atoms. The van der Waals surface area contributed by atoms with Crippen molar-refractivity contribution in [2.45, 2.75) is 6.54 Å². The van der Waals surface area contributed by atoms with E-state index in [2.05, 4.69) is 4.98 Å². The van der Waals surface area contributed by atoms with Gasteiger partial charge >= 0.3 is 0 Å². The highest BCUT2D eigenvalue weighted by atomic mass is 19.1. The van der Waals surface area contributed by atoms with E-state index in [4.69, 9.17) is 0 Å². The van der Waals surface area contributed by atoms with Gasteiger partial charge in [0.25, 0.3) is 11.7 Å². The van der Waals surface area contributed by atoms with Crippen molar-refractivity contribution >= 4 is 17.4 Å². The van der Waals surface area contributed by atoms with Crippen LogP contribution in [0.2, 0.25) is 0 Å². The summed E-state index contributed by atoms with van der Waals surface area (Å²) < 4.78 is 40.6. The van der Waals surface area contributed by atoms with Gasteiger partial charge < -0.3 is 0 Å². The summed E-state index contributed by atoms with van der Waals surface area (Å²) in [5.41, 5.74) is -0.758. The van der Waals surface area contributed by atoms with Gasteiger partial charge in [0.2, 0.25) is 0 Å². The van der Waals surface area contributed by atoms with Crippen molar-refractivity contribution < 1.29 is 22.8 Å². The summed E-state index contributed by atoms with van der Waals surface area (Å²) in [5.74, 6) is -4.67. The van der Waals surface area contributed by atoms with Gasteiger partial charge in [0.1, 0.15) is 17.5 Å². The number of hydrogen-bond donors (Lipinski definition) is 0. The fourth-order valence-corrected chi connectivity index (χ4v) is 2.23. The number of pyridine rings is 1. The van der Waals surface area contributed by atoms with Gasteiger partial charge in [-0.25, -0.2) is 13.2 Å². The topological polar surface area (TPSA) is 50.3 Å². The number of benzene rings is 1. The van der Waals surface area contributed by atoms with Gasteiger partial charge in [-0.15, -0.1) is 0 Å². The lowest BCUT2D eigenvalue weighted by Gasteiger charge is -2.16. The highest BCUT2D eigenvalue weighted by Crippen LogP contribution is 2.34. The van der Waals surface area contributed by atoms with Gasteiger partial charge in [0.05, 0.1) is 24.0 Å². The molecule has 3 rings (SSSR count). The van der Waals surface area contributed by atoms with Crippen molar-refractivity contribution in [2.24, 2.45) is 0 Å². The van der Waals surface area contributed by atoms with E-state index in [1.807, 2.05) is 0 Å². The van der Waals surface area contributed by atoms with Crippen LogP contribution in [-0.4, -0.2) is 16.7 Å². The Morgan fingerprint density at radius 3 is 2.48 bits per heavy atom. The van der Waals surface area contributed by atoms with Crippen LogP contribution >= 0.6 is 0 Å². The highest BCUT2D eigenvalue weighted by Gasteiger charge is 2.40. The number of aromatic nitrogens is 1. The average molecular weight is 292 g/mol. The smallest absolute Gasteiger partial charge is 0.297 e. The predicted octanol–water partition coefficient (Wildman–Crippen LogP) is 2.23. The number of carbonyl (C=O) groups is 2. The van der Waals surface area contributed by atoms with Crippen LogP contribution in [0, 0.1) is 17.5 Å². The van der Waals surface area contributed by atoms with E-state index in [1.54, 1.807) is 0 Å². The Labute approximate surface area is 116 Å². The van der Waals surface area contributed by atoms with E-state index >= 15 is 0 Å². The molecule has 0 saturated carbocycles. The third-order valence-corrected chi connectivity index (χ3v) is 3.12. The van der Waals surface area contributed by atoms with Gasteiger partial charge in [-0.2, -0.15) is 0 Å². The molecule has 0 atom stereocenters. The third-order valence-electron chi connectivity index (χ3n) is 3.12. The molecule has 1 aromatic carbocycles. The Morgan fingerprint density at radius 1 is 1.05 bits per heavy atom. The molecule has 21 heavy (non-hydrogen) atoms. The number of halogens is 3. The first-order valence-electron chi connectivity index (χ1n) is 5.92. The van der Waals surface area contributed by atoms with Crippen LogP contribution in [0.5, 0.6) is 0 Å². The summed E-state index contributed by atoms with van der Waals surface area (Å²) in [6, 6.07) is 2.71. The maximum atomic E-state index is 13.8. The third kappa shape index (κ3) is 2.06. The van der Waals surface area contributed by atoms with Crippen molar-refractivity contribution in [3.63, 3.8) is 0 Å². The maximum Gasteiger partial charge on any atom is 0.299 e. The van der Waals surface area contributed by atoms with E-state index in [0.717, 1.165) is 29.3 Å². The van der Waals surface area contributed by atoms with Gasteiger partial charge in [0.15, 0.2) is 0 Å². The van der Waals surface area contributed by atoms with Crippen LogP contribution < -0.4 is 4.90 Å². The standard InChI is InChI=1S/C14H7F3N2O2/c15-8-3-7(4-18-5-8)6-19-12-10(17)2-1-9(16)11(12)13(20)14(19)21/h1-5H,6H2. The molecule has 7 heteroatoms. The fraction of sp³-hybridized carbons (Fsp3) is 0.0714. The van der Waals surface area contributed by atoms with E-state index in [1.165, 1.54) is 6.20 Å². The number of fused-ring (bicyclic) bond motifs is 1. The van der Waals surface area contributed by atoms with Crippen LogP contribution in [0.15, 0.2) is 30.6 Å². The largest absolute Gasteiger partial charge is 0.299 e. The molecule has 4 nitrogen and oxygen atoms in total. The molecule has 0 unspecified atom stereocenters. The Kier molecular flexibility index (Phi) is 2.97. The summed E-state index contributed by atoms with van der Waals surface area (Å²) in [7, 11) is 0. The van der Waals surface area contributed by atoms with Gasteiger partial charge in [-0.1, -0.05) is 0 Å². The summed E-state index contributed by atoms with van der Waals surface area (Å²) >= 11 is 0. The molecule has 0 fully saturated rings. The molecule has 0 N–H and O–H groups in total. The SMILES string of the molecule is O=C1C(=O)N(Cc2cncc(F)c2)c2c(F)ccc(F)c21. The molecule has 2 heterocycles. The van der Waals surface area contributed by atoms with E-state index in [9.17, 15) is 22.8 Å². The Bertz CT molecular complexity index is 777. The molecule has 0 saturated heterocycles. The highest BCUT2D eigenvalue weighted by molar-refractivity contribution is 6.52. The lowest BCUT2D eigenvalue weighted by molar-refractivity contribution is -0.114. The van der Waals surface area contributed by atoms with Gasteiger partial charge in [-0.3, -0.25) is 19.5 Å². The molecular formula is C14H7F3N2O2. The number of rotatable bonds is 2. The number of anilines is 1. The number of hydrogen-bond acceptors (Lipinski definition) is 3. The Balaban J connectivity index is 2.08. The van der Waals surface area contributed by atoms with E-state index in [-0.39, 0.29) is 12.1 Å². The maximum absolute atomic E-state index is 13.8. The lowest BCUT2D eigenvalue weighted by atomic mass is 10.1. The van der Waals surface area contributed by atoms with Crippen molar-refractivity contribution in [2.75, 3.05) is 4.90 Å². The van der Waals surface area contributed by atoms with Crippen molar-refractivity contribution in [1.82, 2.24) is 4.98 Å². The van der Waals surface area contributed by atoms with E-state index < -0.39 is 40.4 Å². The first-order valence-corrected chi connectivity index (χ1v) is 5.92. The molecule has 0 aliphatic carbocycles. The number of Topliss-reactive ketones (excluding diaryl/α,β-unsaturated/α-hetero) is 1. The lowest BCUT2D eigenvalue weighted by Crippen LogP contribution is -2.29. The zero-order chi connectivity index (χ0) is 15.1. The van der Waals surface area contributed by atoms with Gasteiger partial charge in [-0.05, 0) is 23.8 Å². The summed E-state index contributed by atoms with van der Waals surface area (Å²) in [5, 5.41) is 0. The molecular weight excluding hydrogens is 285 g/mol. The molecule has 2 aromatic rings. The predicted molar refractivity (Wildman–Crippen MR) is 66.1 cm³/mol. The zero-order valence-electron chi connectivity index (χ0n) is 10.4. The zero-order valence-corrected chi connectivity index (χ0v) is 10.4. The summed E-state index contributed by atoms with van der Waals surface area (Å²) in [6.07, 6.45) is 2.24. The number of ketones is 1. The van der Waals surface area contributed by atoms with Crippen molar-refractivity contribution in [3.05, 3.63) is 59.2 Å². The quantitative estimate of drug-likeness (QED) is 0.798. The second-order valence-electron chi connectivity index (χ2n) is 4.48. The van der Waals surface area contributed by atoms with E-state index in [0.29, 0.717) is 0 Å². The van der Waals surface area contributed by atoms with Crippen LogP contribution in [-0.2, 0) is 11.3 Å². The summed E-state index contributed by atoms with van der Waals surface area (Å²) in [4.78, 5) is 28.0. The number of carbonyl (C=O) groups excluding carboxylic acids is 2. The van der Waals surface area contributed by atoms with Crippen LogP contribution in [0.4, 0.5) is 18.9 Å². The van der Waals surface area contributed by atoms with Gasteiger partial charge in [0, 0.05) is 6.20 Å². The Morgan fingerprint density at radius 2 is 1.76 bits per heavy atom. The molecule has 1 amide bonds. The molecule has 0 radical (unpaired) electrons. The molecule has 106 valence electrons. The monoisotopic (exact) mass is 292 g/mol. The fourth-order valence-electron chi connectivity index (χ4n) is 2.23. The summed E-state index contributed by atoms with van der Waals surface area (Å²) in [6.45, 7) is -0.275. The first kappa shape index (κ1) is 13.3. The number of nitrogens with zero attached hydrogens (tertiary/aromatic N) is 2. The molecule has 1 aliphatic heterocycles. The minimum atomic E-state index is -1.12. The molecule has 1 aromatic heterocycles. The average Bonchev–Trinajstić information content (AvgIpc) is 2.69. The van der Waals surface area contributed by atoms with Crippen LogP contribution in [0.25, 0.3) is 0 Å².